The molecule has 1 fully saturated rings. The number of aliphatic carboxylic acids is 1. The van der Waals surface area contributed by atoms with Crippen molar-refractivity contribution in [2.24, 2.45) is 0 Å². The number of carbonyl (C=O) groups is 1. The van der Waals surface area contributed by atoms with E-state index in [1.165, 1.54) is 11.8 Å². The lowest BCUT2D eigenvalue weighted by atomic mass is 10.3. The van der Waals surface area contributed by atoms with Crippen LogP contribution in [-0.2, 0) is 14.8 Å². The molecule has 1 saturated heterocycles. The lowest BCUT2D eigenvalue weighted by Gasteiger charge is -2.31. The lowest BCUT2D eigenvalue weighted by Crippen LogP contribution is -2.50. The van der Waals surface area contributed by atoms with Crippen LogP contribution in [0.5, 0.6) is 0 Å². The van der Waals surface area contributed by atoms with Crippen LogP contribution >= 0.6 is 35.0 Å². The Morgan fingerprint density at radius 3 is 2.71 bits per heavy atom. The second-order valence-corrected chi connectivity index (χ2v) is 8.01. The van der Waals surface area contributed by atoms with Gasteiger partial charge in [0.25, 0.3) is 0 Å². The molecule has 1 aliphatic heterocycles. The Bertz CT molecular complexity index is 683. The van der Waals surface area contributed by atoms with Crippen LogP contribution in [0.2, 0.25) is 10.0 Å². The Kier molecular flexibility index (Phi) is 5.04. The number of benzene rings is 1. The fraction of sp³-hybridized carbons (Fsp3) is 0.364. The molecule has 1 atom stereocenters. The zero-order chi connectivity index (χ0) is 15.8. The van der Waals surface area contributed by atoms with E-state index in [2.05, 4.69) is 0 Å². The quantitative estimate of drug-likeness (QED) is 0.822. The van der Waals surface area contributed by atoms with Crippen molar-refractivity contribution < 1.29 is 22.7 Å². The van der Waals surface area contributed by atoms with E-state index < -0.39 is 37.8 Å². The van der Waals surface area contributed by atoms with Gasteiger partial charge in [-0.05, 0) is 12.1 Å². The topological polar surface area (TPSA) is 74.7 Å². The molecule has 0 spiro atoms. The molecular weight excluding hydrogens is 364 g/mol. The maximum absolute atomic E-state index is 13.7. The number of thioether (sulfide) groups is 1. The minimum absolute atomic E-state index is 0.0184. The van der Waals surface area contributed by atoms with Crippen molar-refractivity contribution in [2.75, 3.05) is 18.1 Å². The van der Waals surface area contributed by atoms with Crippen LogP contribution in [-0.4, -0.2) is 47.9 Å². The number of carboxylic acid groups (broad SMARTS) is 1. The van der Waals surface area contributed by atoms with Crippen LogP contribution in [0.25, 0.3) is 0 Å². The Morgan fingerprint density at radius 1 is 1.43 bits per heavy atom. The highest BCUT2D eigenvalue weighted by Gasteiger charge is 2.39. The summed E-state index contributed by atoms with van der Waals surface area (Å²) in [6, 6.07) is 0.942. The molecule has 1 aliphatic rings. The minimum atomic E-state index is -4.22. The molecule has 21 heavy (non-hydrogen) atoms. The number of hydrogen-bond donors (Lipinski definition) is 1. The van der Waals surface area contributed by atoms with Gasteiger partial charge in [0.2, 0.25) is 10.0 Å². The molecule has 0 aliphatic carbocycles. The first kappa shape index (κ1) is 16.8. The molecule has 0 radical (unpaired) electrons. The Hall–Kier alpha value is -0.540. The highest BCUT2D eigenvalue weighted by atomic mass is 35.5. The second kappa shape index (κ2) is 6.29. The SMILES string of the molecule is O=C(O)C1CSCCN1S(=O)(=O)c1ccc(Cl)c(F)c1Cl. The summed E-state index contributed by atoms with van der Waals surface area (Å²) in [4.78, 5) is 10.7. The normalized spacial score (nSPS) is 20.4. The summed E-state index contributed by atoms with van der Waals surface area (Å²) in [5.41, 5.74) is 0. The molecule has 0 saturated carbocycles. The molecule has 1 N–H and O–H groups in total. The van der Waals surface area contributed by atoms with Crippen molar-refractivity contribution in [1.29, 1.82) is 0 Å². The van der Waals surface area contributed by atoms with Crippen molar-refractivity contribution in [3.8, 4) is 0 Å². The van der Waals surface area contributed by atoms with Gasteiger partial charge in [0.1, 0.15) is 10.9 Å². The van der Waals surface area contributed by atoms with Crippen molar-refractivity contribution in [3.63, 3.8) is 0 Å². The van der Waals surface area contributed by atoms with Gasteiger partial charge in [-0.1, -0.05) is 23.2 Å². The predicted molar refractivity (Wildman–Crippen MR) is 79.1 cm³/mol. The van der Waals surface area contributed by atoms with E-state index in [1.807, 2.05) is 0 Å². The summed E-state index contributed by atoms with van der Waals surface area (Å²) in [5, 5.41) is 8.20. The molecule has 1 aromatic carbocycles. The van der Waals surface area contributed by atoms with Crippen LogP contribution in [0.4, 0.5) is 4.39 Å². The maximum Gasteiger partial charge on any atom is 0.322 e. The summed E-state index contributed by atoms with van der Waals surface area (Å²) in [5.74, 6) is -1.71. The van der Waals surface area contributed by atoms with E-state index in [9.17, 15) is 17.6 Å². The van der Waals surface area contributed by atoms with E-state index in [-0.39, 0.29) is 17.3 Å². The maximum atomic E-state index is 13.7. The molecule has 0 bridgehead atoms. The van der Waals surface area contributed by atoms with Crippen LogP contribution < -0.4 is 0 Å². The van der Waals surface area contributed by atoms with Crippen LogP contribution in [0, 0.1) is 5.82 Å². The standard InChI is InChI=1S/C11H10Cl2FNO4S2/c12-6-1-2-8(9(13)10(6)14)21(18,19)15-3-4-20-5-7(15)11(16)17/h1-2,7H,3-5H2,(H,16,17). The van der Waals surface area contributed by atoms with E-state index >= 15 is 0 Å². The highest BCUT2D eigenvalue weighted by Crippen LogP contribution is 2.33. The van der Waals surface area contributed by atoms with E-state index in [1.54, 1.807) is 0 Å². The highest BCUT2D eigenvalue weighted by molar-refractivity contribution is 7.99. The fourth-order valence-electron chi connectivity index (χ4n) is 1.90. The first-order valence-corrected chi connectivity index (χ1v) is 9.07. The summed E-state index contributed by atoms with van der Waals surface area (Å²) >= 11 is 12.6. The molecule has 0 amide bonds. The Morgan fingerprint density at radius 2 is 2.10 bits per heavy atom. The van der Waals surface area contributed by atoms with Crippen molar-refractivity contribution in [2.45, 2.75) is 10.9 Å². The summed E-state index contributed by atoms with van der Waals surface area (Å²) in [6.45, 7) is 0.0184. The van der Waals surface area contributed by atoms with E-state index in [0.29, 0.717) is 5.75 Å². The summed E-state index contributed by atoms with van der Waals surface area (Å²) < 4.78 is 39.6. The Balaban J connectivity index is 2.51. The molecule has 1 unspecified atom stereocenters. The molecule has 1 aromatic rings. The number of nitrogens with zero attached hydrogens (tertiary/aromatic N) is 1. The van der Waals surface area contributed by atoms with Crippen molar-refractivity contribution in [3.05, 3.63) is 28.0 Å². The van der Waals surface area contributed by atoms with Crippen LogP contribution in [0.1, 0.15) is 0 Å². The van der Waals surface area contributed by atoms with Gasteiger partial charge in [-0.25, -0.2) is 12.8 Å². The van der Waals surface area contributed by atoms with Crippen LogP contribution in [0.3, 0.4) is 0 Å². The third-order valence-electron chi connectivity index (χ3n) is 2.95. The second-order valence-electron chi connectivity index (χ2n) is 4.22. The van der Waals surface area contributed by atoms with Crippen LogP contribution in [0.15, 0.2) is 17.0 Å². The van der Waals surface area contributed by atoms with Gasteiger partial charge in [-0.15, -0.1) is 0 Å². The first-order chi connectivity index (χ1) is 9.76. The minimum Gasteiger partial charge on any atom is -0.480 e. The van der Waals surface area contributed by atoms with Crippen molar-refractivity contribution >= 4 is 51.0 Å². The average Bonchev–Trinajstić information content (AvgIpc) is 2.44. The number of halogens is 3. The molecule has 116 valence electrons. The van der Waals surface area contributed by atoms with Gasteiger partial charge in [0, 0.05) is 18.1 Å². The third-order valence-corrected chi connectivity index (χ3v) is 6.70. The Labute approximate surface area is 135 Å². The van der Waals surface area contributed by atoms with Gasteiger partial charge in [-0.2, -0.15) is 16.1 Å². The zero-order valence-electron chi connectivity index (χ0n) is 10.4. The molecule has 5 nitrogen and oxygen atoms in total. The molecule has 0 aromatic heterocycles. The van der Waals surface area contributed by atoms with Gasteiger partial charge >= 0.3 is 5.97 Å². The van der Waals surface area contributed by atoms with Gasteiger partial charge in [0.05, 0.1) is 10.0 Å². The number of hydrogen-bond acceptors (Lipinski definition) is 4. The molecule has 2 rings (SSSR count). The van der Waals surface area contributed by atoms with Gasteiger partial charge < -0.3 is 5.11 Å². The number of rotatable bonds is 3. The molecular formula is C11H10Cl2FNO4S2. The fourth-order valence-corrected chi connectivity index (χ4v) is 5.46. The van der Waals surface area contributed by atoms with Gasteiger partial charge in [0.15, 0.2) is 5.82 Å². The van der Waals surface area contributed by atoms with E-state index in [4.69, 9.17) is 28.3 Å². The summed E-state index contributed by atoms with van der Waals surface area (Å²) in [6.07, 6.45) is 0. The smallest absolute Gasteiger partial charge is 0.322 e. The monoisotopic (exact) mass is 373 g/mol. The molecule has 1 heterocycles. The third kappa shape index (κ3) is 3.14. The average molecular weight is 374 g/mol. The lowest BCUT2D eigenvalue weighted by molar-refractivity contribution is -0.140. The predicted octanol–water partition coefficient (Wildman–Crippen LogP) is 2.32. The van der Waals surface area contributed by atoms with Crippen molar-refractivity contribution in [1.82, 2.24) is 4.31 Å². The number of carboxylic acids is 1. The van der Waals surface area contributed by atoms with E-state index in [0.717, 1.165) is 16.4 Å². The van der Waals surface area contributed by atoms with Gasteiger partial charge in [-0.3, -0.25) is 4.79 Å². The zero-order valence-corrected chi connectivity index (χ0v) is 13.6. The summed E-state index contributed by atoms with van der Waals surface area (Å²) in [7, 11) is -4.22. The molecule has 10 heteroatoms. The first-order valence-electron chi connectivity index (χ1n) is 5.72. The largest absolute Gasteiger partial charge is 0.480 e. The number of sulfonamides is 1.